The van der Waals surface area contributed by atoms with Gasteiger partial charge in [0.05, 0.1) is 36.5 Å². The van der Waals surface area contributed by atoms with Crippen molar-refractivity contribution < 1.29 is 18.7 Å². The smallest absolute Gasteiger partial charge is 0.252 e. The van der Waals surface area contributed by atoms with Gasteiger partial charge in [0.1, 0.15) is 11.6 Å². The molecule has 0 aliphatic rings. The Morgan fingerprint density at radius 1 is 1.14 bits per heavy atom. The van der Waals surface area contributed by atoms with Crippen LogP contribution in [0.3, 0.4) is 0 Å². The fraction of sp³-hybridized carbons (Fsp3) is 0.259. The second-order valence-corrected chi connectivity index (χ2v) is 8.40. The zero-order chi connectivity index (χ0) is 25.7. The third-order valence-electron chi connectivity index (χ3n) is 5.78. The maximum Gasteiger partial charge on any atom is 0.252 e. The maximum absolute atomic E-state index is 14.4. The molecule has 0 saturated heterocycles. The molecule has 0 aliphatic carbocycles. The van der Waals surface area contributed by atoms with Crippen LogP contribution in [0.2, 0.25) is 5.02 Å². The van der Waals surface area contributed by atoms with Crippen molar-refractivity contribution in [2.24, 2.45) is 0 Å². The summed E-state index contributed by atoms with van der Waals surface area (Å²) >= 11 is 6.10. The summed E-state index contributed by atoms with van der Waals surface area (Å²) in [6.45, 7) is 3.42. The van der Waals surface area contributed by atoms with Crippen LogP contribution in [0, 0.1) is 17.1 Å². The highest BCUT2D eigenvalue weighted by Crippen LogP contribution is 2.33. The van der Waals surface area contributed by atoms with Crippen LogP contribution < -0.4 is 10.3 Å². The Labute approximate surface area is 207 Å². The Balaban J connectivity index is 1.98. The number of rotatable bonds is 9. The Hall–Kier alpha value is -3.76. The SMILES string of the molecule is CCC(=O)c1ccc(CC(=O)C(CC)n2cc(OC)c(-c3cc(Cl)ccc3C#N)cc2=O)cc1F. The Morgan fingerprint density at radius 2 is 1.89 bits per heavy atom. The second kappa shape index (κ2) is 11.1. The van der Waals surface area contributed by atoms with Crippen molar-refractivity contribution in [2.45, 2.75) is 39.2 Å². The molecule has 0 saturated carbocycles. The third kappa shape index (κ3) is 5.50. The number of ether oxygens (including phenoxy) is 1. The predicted octanol–water partition coefficient (Wildman–Crippen LogP) is 5.54. The number of methoxy groups -OCH3 is 1. The van der Waals surface area contributed by atoms with E-state index >= 15 is 0 Å². The maximum atomic E-state index is 14.4. The number of hydrogen-bond acceptors (Lipinski definition) is 5. The molecule has 0 bridgehead atoms. The van der Waals surface area contributed by atoms with Crippen LogP contribution in [0.15, 0.2) is 53.5 Å². The third-order valence-corrected chi connectivity index (χ3v) is 6.02. The first-order valence-electron chi connectivity index (χ1n) is 11.1. The normalized spacial score (nSPS) is 11.5. The summed E-state index contributed by atoms with van der Waals surface area (Å²) in [7, 11) is 1.43. The van der Waals surface area contributed by atoms with Gasteiger partial charge < -0.3 is 9.30 Å². The van der Waals surface area contributed by atoms with E-state index in [1.54, 1.807) is 38.1 Å². The fourth-order valence-corrected chi connectivity index (χ4v) is 4.14. The van der Waals surface area contributed by atoms with Crippen LogP contribution in [-0.2, 0) is 11.2 Å². The van der Waals surface area contributed by atoms with Gasteiger partial charge in [0, 0.05) is 35.1 Å². The molecule has 35 heavy (non-hydrogen) atoms. The minimum Gasteiger partial charge on any atom is -0.495 e. The van der Waals surface area contributed by atoms with E-state index in [9.17, 15) is 24.0 Å². The van der Waals surface area contributed by atoms with Crippen LogP contribution in [0.5, 0.6) is 5.75 Å². The Morgan fingerprint density at radius 3 is 2.49 bits per heavy atom. The van der Waals surface area contributed by atoms with Gasteiger partial charge in [-0.2, -0.15) is 5.26 Å². The molecule has 0 amide bonds. The minimum atomic E-state index is -0.819. The van der Waals surface area contributed by atoms with E-state index in [0.717, 1.165) is 0 Å². The number of carbonyl (C=O) groups is 2. The Bertz CT molecular complexity index is 1390. The van der Waals surface area contributed by atoms with Gasteiger partial charge in [-0.25, -0.2) is 4.39 Å². The lowest BCUT2D eigenvalue weighted by Crippen LogP contribution is -2.30. The molecule has 8 heteroatoms. The van der Waals surface area contributed by atoms with Gasteiger partial charge in [0.25, 0.3) is 5.56 Å². The summed E-state index contributed by atoms with van der Waals surface area (Å²) < 4.78 is 21.1. The van der Waals surface area contributed by atoms with Gasteiger partial charge in [-0.3, -0.25) is 14.4 Å². The van der Waals surface area contributed by atoms with Crippen molar-refractivity contribution in [1.29, 1.82) is 5.26 Å². The molecule has 1 unspecified atom stereocenters. The first-order chi connectivity index (χ1) is 16.7. The molecule has 180 valence electrons. The van der Waals surface area contributed by atoms with E-state index in [0.29, 0.717) is 39.4 Å². The predicted molar refractivity (Wildman–Crippen MR) is 131 cm³/mol. The van der Waals surface area contributed by atoms with E-state index in [4.69, 9.17) is 16.3 Å². The molecule has 3 rings (SSSR count). The van der Waals surface area contributed by atoms with Crippen LogP contribution in [0.1, 0.15) is 54.2 Å². The number of aromatic nitrogens is 1. The largest absolute Gasteiger partial charge is 0.495 e. The van der Waals surface area contributed by atoms with Crippen molar-refractivity contribution in [3.8, 4) is 22.9 Å². The molecule has 0 radical (unpaired) electrons. The zero-order valence-electron chi connectivity index (χ0n) is 19.6. The first-order valence-corrected chi connectivity index (χ1v) is 11.5. The average Bonchev–Trinajstić information content (AvgIpc) is 2.84. The molecule has 0 aliphatic heterocycles. The van der Waals surface area contributed by atoms with Crippen LogP contribution in [0.25, 0.3) is 11.1 Å². The molecule has 1 heterocycles. The molecule has 0 spiro atoms. The number of hydrogen-bond donors (Lipinski definition) is 0. The molecule has 1 aromatic heterocycles. The molecule has 0 N–H and O–H groups in total. The molecule has 1 atom stereocenters. The summed E-state index contributed by atoms with van der Waals surface area (Å²) in [6, 6.07) is 11.4. The van der Waals surface area contributed by atoms with E-state index in [2.05, 4.69) is 6.07 Å². The number of benzene rings is 2. The monoisotopic (exact) mass is 494 g/mol. The van der Waals surface area contributed by atoms with E-state index in [-0.39, 0.29) is 30.0 Å². The van der Waals surface area contributed by atoms with Crippen molar-refractivity contribution >= 4 is 23.2 Å². The van der Waals surface area contributed by atoms with Crippen molar-refractivity contribution in [3.63, 3.8) is 0 Å². The second-order valence-electron chi connectivity index (χ2n) is 7.96. The van der Waals surface area contributed by atoms with Crippen LogP contribution in [0.4, 0.5) is 4.39 Å². The summed E-state index contributed by atoms with van der Waals surface area (Å²) in [5, 5.41) is 9.87. The van der Waals surface area contributed by atoms with Crippen LogP contribution >= 0.6 is 11.6 Å². The summed E-state index contributed by atoms with van der Waals surface area (Å²) in [5.41, 5.74) is 1.09. The van der Waals surface area contributed by atoms with E-state index < -0.39 is 17.4 Å². The fourth-order valence-electron chi connectivity index (χ4n) is 3.97. The lowest BCUT2D eigenvalue weighted by Gasteiger charge is -2.20. The molecular weight excluding hydrogens is 471 g/mol. The van der Waals surface area contributed by atoms with Gasteiger partial charge >= 0.3 is 0 Å². The average molecular weight is 495 g/mol. The highest BCUT2D eigenvalue weighted by molar-refractivity contribution is 6.31. The Kier molecular flexibility index (Phi) is 8.21. The first kappa shape index (κ1) is 25.9. The number of ketones is 2. The van der Waals surface area contributed by atoms with Crippen molar-refractivity contribution in [2.75, 3.05) is 7.11 Å². The number of carbonyl (C=O) groups excluding carboxylic acids is 2. The molecule has 2 aromatic carbocycles. The highest BCUT2D eigenvalue weighted by Gasteiger charge is 2.23. The molecular formula is C27H24ClFN2O4. The molecule has 3 aromatic rings. The summed E-state index contributed by atoms with van der Waals surface area (Å²) in [5.74, 6) is -0.986. The quantitative estimate of drug-likeness (QED) is 0.364. The summed E-state index contributed by atoms with van der Waals surface area (Å²) in [6.07, 6.45) is 1.82. The van der Waals surface area contributed by atoms with Gasteiger partial charge in [-0.15, -0.1) is 0 Å². The number of Topliss-reactive ketones (excluding diaryl/α,β-unsaturated/α-hetero) is 2. The van der Waals surface area contributed by atoms with Crippen LogP contribution in [-0.4, -0.2) is 23.2 Å². The molecule has 0 fully saturated rings. The molecule has 6 nitrogen and oxygen atoms in total. The lowest BCUT2D eigenvalue weighted by atomic mass is 9.98. The van der Waals surface area contributed by atoms with Gasteiger partial charge in [0.15, 0.2) is 11.6 Å². The number of nitriles is 1. The van der Waals surface area contributed by atoms with Crippen molar-refractivity contribution in [3.05, 3.63) is 86.5 Å². The number of nitrogens with zero attached hydrogens (tertiary/aromatic N) is 2. The lowest BCUT2D eigenvalue weighted by molar-refractivity contribution is -0.121. The number of halogens is 2. The van der Waals surface area contributed by atoms with Crippen molar-refractivity contribution in [1.82, 2.24) is 4.57 Å². The van der Waals surface area contributed by atoms with E-state index in [1.807, 2.05) is 0 Å². The minimum absolute atomic E-state index is 0.00922. The summed E-state index contributed by atoms with van der Waals surface area (Å²) in [4.78, 5) is 38.0. The van der Waals surface area contributed by atoms with E-state index in [1.165, 1.54) is 36.1 Å². The van der Waals surface area contributed by atoms with Gasteiger partial charge in [0.2, 0.25) is 0 Å². The highest BCUT2D eigenvalue weighted by atomic mass is 35.5. The van der Waals surface area contributed by atoms with Gasteiger partial charge in [-0.1, -0.05) is 31.5 Å². The topological polar surface area (TPSA) is 89.2 Å². The standard InChI is InChI=1S/C27H24ClFN2O4/c1-4-23(25(33)11-16-6-9-19(22(29)10-16)24(32)5-2)31-15-26(35-3)21(13-27(31)34)20-12-18(28)8-7-17(20)14-30/h6-10,12-13,15,23H,4-5,11H2,1-3H3. The van der Waals surface area contributed by atoms with Gasteiger partial charge in [-0.05, 0) is 42.3 Å². The number of pyridine rings is 1. The zero-order valence-corrected chi connectivity index (χ0v) is 20.4.